The van der Waals surface area contributed by atoms with Gasteiger partial charge in [0.1, 0.15) is 0 Å². The summed E-state index contributed by atoms with van der Waals surface area (Å²) in [5, 5.41) is 0. The minimum absolute atomic E-state index is 1.07. The Kier molecular flexibility index (Phi) is 0.881. The van der Waals surface area contributed by atoms with E-state index >= 15 is 0 Å². The van der Waals surface area contributed by atoms with Crippen LogP contribution in [0.5, 0.6) is 0 Å². The van der Waals surface area contributed by atoms with Crippen molar-refractivity contribution in [1.82, 2.24) is 0 Å². The molecule has 0 heterocycles. The molecule has 2 rings (SSSR count). The third kappa shape index (κ3) is 0.647. The lowest BCUT2D eigenvalue weighted by Gasteiger charge is -1.81. The fourth-order valence-electron chi connectivity index (χ4n) is 1.11. The highest BCUT2D eigenvalue weighted by Crippen LogP contribution is 2.15. The molecule has 0 atom stereocenters. The van der Waals surface area contributed by atoms with Gasteiger partial charge in [-0.25, -0.2) is 0 Å². The minimum Gasteiger partial charge on any atom is -0.0353 e. The fourth-order valence-corrected chi connectivity index (χ4v) is 1.11. The summed E-state index contributed by atoms with van der Waals surface area (Å²) in [6, 6.07) is 8.36. The molecule has 0 fully saturated rings. The monoisotopic (exact) mass is 115 g/mol. The quantitative estimate of drug-likeness (QED) is 0.453. The molecule has 1 aliphatic carbocycles. The van der Waals surface area contributed by atoms with E-state index in [1.807, 2.05) is 6.07 Å². The molecule has 0 unspecified atom stereocenters. The van der Waals surface area contributed by atoms with E-state index in [2.05, 4.69) is 30.4 Å². The fraction of sp³-hybridized carbons (Fsp3) is 0.111. The first kappa shape index (κ1) is 4.72. The van der Waals surface area contributed by atoms with Crippen LogP contribution in [-0.2, 0) is 6.42 Å². The lowest BCUT2D eigenvalue weighted by molar-refractivity contribution is 1.31. The summed E-state index contributed by atoms with van der Waals surface area (Å²) in [4.78, 5) is 0. The van der Waals surface area contributed by atoms with E-state index in [4.69, 9.17) is 0 Å². The van der Waals surface area contributed by atoms with Gasteiger partial charge < -0.3 is 0 Å². The average molecular weight is 115 g/mol. The Morgan fingerprint density at radius 1 is 1.22 bits per heavy atom. The van der Waals surface area contributed by atoms with Gasteiger partial charge >= 0.3 is 0 Å². The van der Waals surface area contributed by atoms with Crippen LogP contribution in [-0.4, -0.2) is 0 Å². The maximum absolute atomic E-state index is 3.18. The smallest absolute Gasteiger partial charge is 0.0353 e. The van der Waals surface area contributed by atoms with E-state index < -0.39 is 0 Å². The van der Waals surface area contributed by atoms with Crippen LogP contribution in [0.25, 0.3) is 0 Å². The Labute approximate surface area is 54.8 Å². The van der Waals surface area contributed by atoms with E-state index in [0.717, 1.165) is 6.42 Å². The molecule has 0 amide bonds. The first-order chi connectivity index (χ1) is 4.47. The van der Waals surface area contributed by atoms with Gasteiger partial charge in [-0.3, -0.25) is 0 Å². The number of benzene rings is 1. The van der Waals surface area contributed by atoms with Gasteiger partial charge in [0.25, 0.3) is 0 Å². The second-order valence-electron chi connectivity index (χ2n) is 2.21. The van der Waals surface area contributed by atoms with Gasteiger partial charge in [-0.2, -0.15) is 0 Å². The summed E-state index contributed by atoms with van der Waals surface area (Å²) in [7, 11) is 0. The zero-order valence-corrected chi connectivity index (χ0v) is 5.09. The zero-order chi connectivity index (χ0) is 6.10. The molecule has 1 aliphatic rings. The van der Waals surface area contributed by atoms with Crippen molar-refractivity contribution >= 4 is 0 Å². The lowest BCUT2D eigenvalue weighted by atomic mass is 10.1. The van der Waals surface area contributed by atoms with Crippen LogP contribution in [0.4, 0.5) is 0 Å². The van der Waals surface area contributed by atoms with Gasteiger partial charge in [-0.15, -0.1) is 0 Å². The van der Waals surface area contributed by atoms with Crippen molar-refractivity contribution in [3.05, 3.63) is 47.5 Å². The number of rotatable bonds is 0. The van der Waals surface area contributed by atoms with Gasteiger partial charge in [0.15, 0.2) is 5.56 Å². The molecule has 0 N–H and O–H groups in total. The van der Waals surface area contributed by atoms with E-state index in [1.165, 1.54) is 11.1 Å². The molecular formula is C9H7+. The van der Waals surface area contributed by atoms with Crippen molar-refractivity contribution in [2.24, 2.45) is 0 Å². The number of hydrogen-bond donors (Lipinski definition) is 0. The summed E-state index contributed by atoms with van der Waals surface area (Å²) in [5.41, 5.74) is 2.66. The Morgan fingerprint density at radius 3 is 3.00 bits per heavy atom. The van der Waals surface area contributed by atoms with Crippen LogP contribution in [0, 0.1) is 6.08 Å². The Bertz CT molecular complexity index is 246. The lowest BCUT2D eigenvalue weighted by Crippen LogP contribution is -1.77. The standard InChI is InChI=1S/C9H7/c1-2-5-9-7-3-6-8(9)4-1/h1-5H,6H2/q+1. The van der Waals surface area contributed by atoms with Crippen LogP contribution in [0.3, 0.4) is 0 Å². The van der Waals surface area contributed by atoms with Gasteiger partial charge in [-0.05, 0) is 12.1 Å². The molecular weight excluding hydrogens is 108 g/mol. The largest absolute Gasteiger partial charge is 0.191 e. The Morgan fingerprint density at radius 2 is 2.11 bits per heavy atom. The highest BCUT2D eigenvalue weighted by molar-refractivity contribution is 5.38. The van der Waals surface area contributed by atoms with Crippen LogP contribution in [0.15, 0.2) is 30.3 Å². The second kappa shape index (κ2) is 1.68. The van der Waals surface area contributed by atoms with E-state index in [1.54, 1.807) is 0 Å². The molecule has 0 heteroatoms. The van der Waals surface area contributed by atoms with Crippen molar-refractivity contribution in [2.75, 3.05) is 0 Å². The maximum atomic E-state index is 3.18. The number of hydrogen-bond acceptors (Lipinski definition) is 0. The predicted molar refractivity (Wildman–Crippen MR) is 37.1 cm³/mol. The van der Waals surface area contributed by atoms with Crippen molar-refractivity contribution in [3.8, 4) is 0 Å². The van der Waals surface area contributed by atoms with Crippen LogP contribution >= 0.6 is 0 Å². The van der Waals surface area contributed by atoms with Crippen molar-refractivity contribution < 1.29 is 0 Å². The first-order valence-electron chi connectivity index (χ1n) is 3.13. The Balaban J connectivity index is 2.63. The first-order valence-corrected chi connectivity index (χ1v) is 3.13. The van der Waals surface area contributed by atoms with Gasteiger partial charge in [0.2, 0.25) is 0 Å². The third-order valence-electron chi connectivity index (χ3n) is 1.60. The van der Waals surface area contributed by atoms with Crippen molar-refractivity contribution in [1.29, 1.82) is 0 Å². The summed E-state index contributed by atoms with van der Waals surface area (Å²) >= 11 is 0. The molecule has 0 aliphatic heterocycles. The molecule has 0 aromatic heterocycles. The zero-order valence-electron chi connectivity index (χ0n) is 5.09. The van der Waals surface area contributed by atoms with Gasteiger partial charge in [-0.1, -0.05) is 0 Å². The summed E-state index contributed by atoms with van der Waals surface area (Å²) in [6.07, 6.45) is 6.31. The summed E-state index contributed by atoms with van der Waals surface area (Å²) in [6.45, 7) is 0. The van der Waals surface area contributed by atoms with Crippen LogP contribution in [0.1, 0.15) is 11.1 Å². The maximum Gasteiger partial charge on any atom is 0.191 e. The third-order valence-corrected chi connectivity index (χ3v) is 1.60. The summed E-state index contributed by atoms with van der Waals surface area (Å²) < 4.78 is 0. The molecule has 1 aromatic carbocycles. The molecule has 0 spiro atoms. The summed E-state index contributed by atoms with van der Waals surface area (Å²) in [5.74, 6) is 0. The SMILES string of the molecule is [C+]1=CCc2ccccc21. The molecule has 0 saturated carbocycles. The average Bonchev–Trinajstić information content (AvgIpc) is 2.33. The van der Waals surface area contributed by atoms with Crippen molar-refractivity contribution in [3.63, 3.8) is 0 Å². The predicted octanol–water partition coefficient (Wildman–Crippen LogP) is 1.95. The van der Waals surface area contributed by atoms with Crippen molar-refractivity contribution in [2.45, 2.75) is 6.42 Å². The topological polar surface area (TPSA) is 0 Å². The number of fused-ring (bicyclic) bond motifs is 1. The van der Waals surface area contributed by atoms with E-state index in [9.17, 15) is 0 Å². The highest BCUT2D eigenvalue weighted by atomic mass is 14.0. The molecule has 1 aromatic rings. The highest BCUT2D eigenvalue weighted by Gasteiger charge is 2.12. The minimum atomic E-state index is 1.07. The molecule has 0 nitrogen and oxygen atoms in total. The molecule has 0 saturated heterocycles. The molecule has 0 radical (unpaired) electrons. The molecule has 42 valence electrons. The van der Waals surface area contributed by atoms with E-state index in [-0.39, 0.29) is 0 Å². The van der Waals surface area contributed by atoms with E-state index in [0.29, 0.717) is 0 Å². The molecule has 0 bridgehead atoms. The van der Waals surface area contributed by atoms with Crippen LogP contribution < -0.4 is 0 Å². The van der Waals surface area contributed by atoms with Crippen LogP contribution in [0.2, 0.25) is 0 Å². The number of allylic oxidation sites excluding steroid dienone is 1. The normalized spacial score (nSPS) is 12.9. The van der Waals surface area contributed by atoms with Gasteiger partial charge in [0.05, 0.1) is 18.1 Å². The Hall–Kier alpha value is -1.13. The van der Waals surface area contributed by atoms with Gasteiger partial charge in [0, 0.05) is 18.2 Å². The second-order valence-corrected chi connectivity index (χ2v) is 2.21. The molecule has 9 heavy (non-hydrogen) atoms.